The number of carbonyl (C=O) groups excluding carboxylic acids is 1. The minimum atomic E-state index is -3.21. The van der Waals surface area contributed by atoms with Crippen LogP contribution in [-0.2, 0) is 9.98 Å². The first kappa shape index (κ1) is 28.6. The summed E-state index contributed by atoms with van der Waals surface area (Å²) in [5.41, 5.74) is 3.60. The van der Waals surface area contributed by atoms with Gasteiger partial charge in [0.1, 0.15) is 0 Å². The van der Waals surface area contributed by atoms with Gasteiger partial charge in [-0.2, -0.15) is 0 Å². The molecule has 3 heteroatoms. The van der Waals surface area contributed by atoms with Crippen molar-refractivity contribution in [2.24, 2.45) is 0 Å². The molecule has 0 saturated carbocycles. The van der Waals surface area contributed by atoms with Crippen LogP contribution in [0.5, 0.6) is 0 Å². The van der Waals surface area contributed by atoms with Gasteiger partial charge in [0.2, 0.25) is 5.52 Å². The van der Waals surface area contributed by atoms with Gasteiger partial charge in [0.05, 0.1) is 0 Å². The summed E-state index contributed by atoms with van der Waals surface area (Å²) >= 11 is 0. The van der Waals surface area contributed by atoms with Gasteiger partial charge in [-0.05, 0) is 42.4 Å². The number of aryl methyl sites for hydroxylation is 2. The summed E-state index contributed by atoms with van der Waals surface area (Å²) in [5, 5.41) is 0.703. The summed E-state index contributed by atoms with van der Waals surface area (Å²) in [7, 11) is -3.21. The number of rotatable bonds is 14. The van der Waals surface area contributed by atoms with Gasteiger partial charge >= 0.3 is 0 Å². The Kier molecular flexibility index (Phi) is 11.3. The fraction of sp³-hybridized carbons (Fsp3) is 0.581. The number of hydrogen-bond donors (Lipinski definition) is 0. The minimum Gasteiger partial charge on any atom is -0.310 e. The van der Waals surface area contributed by atoms with E-state index in [4.69, 9.17) is 0 Å². The van der Waals surface area contributed by atoms with Crippen LogP contribution in [0.3, 0.4) is 0 Å². The van der Waals surface area contributed by atoms with Crippen molar-refractivity contribution in [1.29, 1.82) is 0 Å². The maximum Gasteiger partial charge on any atom is 0.226 e. The Morgan fingerprint density at radius 2 is 1.24 bits per heavy atom. The van der Waals surface area contributed by atoms with E-state index in [0.717, 1.165) is 30.4 Å². The van der Waals surface area contributed by atoms with Gasteiger partial charge in [0.25, 0.3) is 0 Å². The third-order valence-corrected chi connectivity index (χ3v) is 9.90. The molecule has 0 heterocycles. The lowest BCUT2D eigenvalue weighted by Crippen LogP contribution is -2.19. The van der Waals surface area contributed by atoms with Gasteiger partial charge < -0.3 is 4.57 Å². The average Bonchev–Trinajstić information content (AvgIpc) is 2.79. The van der Waals surface area contributed by atoms with Gasteiger partial charge in [0.15, 0.2) is 7.14 Å². The molecule has 0 radical (unpaired) electrons. The smallest absolute Gasteiger partial charge is 0.226 e. The fourth-order valence-electron chi connectivity index (χ4n) is 4.75. The van der Waals surface area contributed by atoms with Crippen LogP contribution in [0.1, 0.15) is 119 Å². The highest BCUT2D eigenvalue weighted by Crippen LogP contribution is 2.50. The van der Waals surface area contributed by atoms with Crippen LogP contribution in [-0.4, -0.2) is 11.7 Å². The lowest BCUT2D eigenvalue weighted by molar-refractivity contribution is 0.107. The predicted molar refractivity (Wildman–Crippen MR) is 149 cm³/mol. The molecule has 0 aliphatic heterocycles. The Balaban J connectivity index is 2.12. The van der Waals surface area contributed by atoms with Crippen molar-refractivity contribution in [2.75, 3.05) is 6.16 Å². The first-order chi connectivity index (χ1) is 16.1. The zero-order valence-corrected chi connectivity index (χ0v) is 23.5. The van der Waals surface area contributed by atoms with Crippen LogP contribution >= 0.6 is 7.14 Å². The second-order valence-electron chi connectivity index (χ2n) is 11.0. The van der Waals surface area contributed by atoms with E-state index < -0.39 is 7.14 Å². The number of carbonyl (C=O) groups is 1. The van der Waals surface area contributed by atoms with Crippen LogP contribution in [0.25, 0.3) is 0 Å². The van der Waals surface area contributed by atoms with Crippen molar-refractivity contribution >= 4 is 18.0 Å². The van der Waals surface area contributed by atoms with Gasteiger partial charge in [-0.25, -0.2) is 0 Å². The van der Waals surface area contributed by atoms with Crippen molar-refractivity contribution in [3.05, 3.63) is 64.7 Å². The molecule has 2 rings (SSSR count). The Morgan fingerprint density at radius 1 is 0.765 bits per heavy atom. The fourth-order valence-corrected chi connectivity index (χ4v) is 7.49. The van der Waals surface area contributed by atoms with Crippen molar-refractivity contribution < 1.29 is 9.36 Å². The standard InChI is InChI=1S/C31H47O2P/c1-7-8-9-10-11-12-13-14-15-19-22-34(33,28-20-17-16-18-21-28)30(32)29-25(2)23-27(24-26(29)3)31(4,5)6/h16-18,20-21,23-24H,7-15,19,22H2,1-6H3. The Bertz CT molecular complexity index is 930. The SMILES string of the molecule is CCCCCCCCCCCCP(=O)(C(=O)c1c(C)cc(C(C)(C)C)cc1C)c1ccccc1. The van der Waals surface area contributed by atoms with Crippen LogP contribution in [0, 0.1) is 13.8 Å². The largest absolute Gasteiger partial charge is 0.310 e. The van der Waals surface area contributed by atoms with E-state index in [1.54, 1.807) is 0 Å². The molecule has 0 saturated heterocycles. The van der Waals surface area contributed by atoms with Crippen molar-refractivity contribution in [3.63, 3.8) is 0 Å². The molecule has 0 amide bonds. The molecule has 0 bridgehead atoms. The molecular weight excluding hydrogens is 435 g/mol. The molecule has 2 nitrogen and oxygen atoms in total. The normalized spacial score (nSPS) is 13.6. The number of benzene rings is 2. The summed E-state index contributed by atoms with van der Waals surface area (Å²) in [4.78, 5) is 13.9. The molecule has 188 valence electrons. The lowest BCUT2D eigenvalue weighted by atomic mass is 9.84. The first-order valence-electron chi connectivity index (χ1n) is 13.4. The van der Waals surface area contributed by atoms with Gasteiger partial charge in [-0.3, -0.25) is 4.79 Å². The Morgan fingerprint density at radius 3 is 1.71 bits per heavy atom. The van der Waals surface area contributed by atoms with Crippen molar-refractivity contribution in [3.8, 4) is 0 Å². The summed E-state index contributed by atoms with van der Waals surface area (Å²) in [6, 6.07) is 13.7. The van der Waals surface area contributed by atoms with E-state index in [-0.39, 0.29) is 10.9 Å². The summed E-state index contributed by atoms with van der Waals surface area (Å²) in [6.07, 6.45) is 12.7. The number of unbranched alkanes of at least 4 members (excludes halogenated alkanes) is 9. The molecule has 2 aromatic rings. The van der Waals surface area contributed by atoms with Crippen LogP contribution in [0.4, 0.5) is 0 Å². The highest BCUT2D eigenvalue weighted by atomic mass is 31.2. The van der Waals surface area contributed by atoms with E-state index in [9.17, 15) is 9.36 Å². The maximum atomic E-state index is 14.4. The molecule has 1 atom stereocenters. The second-order valence-corrected chi connectivity index (χ2v) is 13.9. The minimum absolute atomic E-state index is 0.0101. The van der Waals surface area contributed by atoms with Crippen molar-refractivity contribution in [2.45, 2.75) is 111 Å². The van der Waals surface area contributed by atoms with E-state index in [1.165, 1.54) is 50.5 Å². The average molecular weight is 483 g/mol. The zero-order chi connectivity index (χ0) is 25.2. The first-order valence-corrected chi connectivity index (χ1v) is 15.3. The Labute approximate surface area is 209 Å². The van der Waals surface area contributed by atoms with Crippen molar-refractivity contribution in [1.82, 2.24) is 0 Å². The molecule has 2 aromatic carbocycles. The highest BCUT2D eigenvalue weighted by Gasteiger charge is 2.36. The third-order valence-electron chi connectivity index (χ3n) is 6.94. The second kappa shape index (κ2) is 13.4. The molecule has 0 aliphatic carbocycles. The molecular formula is C31H47O2P. The van der Waals surface area contributed by atoms with E-state index >= 15 is 0 Å². The molecule has 0 fully saturated rings. The molecule has 0 spiro atoms. The van der Waals surface area contributed by atoms with E-state index in [1.807, 2.05) is 44.2 Å². The summed E-state index contributed by atoms with van der Waals surface area (Å²) < 4.78 is 14.4. The molecule has 0 N–H and O–H groups in total. The van der Waals surface area contributed by atoms with Crippen LogP contribution in [0.15, 0.2) is 42.5 Å². The Hall–Kier alpha value is -1.66. The molecule has 0 aromatic heterocycles. The third kappa shape index (κ3) is 7.94. The topological polar surface area (TPSA) is 34.1 Å². The predicted octanol–water partition coefficient (Wildman–Crippen LogP) is 9.35. The molecule has 34 heavy (non-hydrogen) atoms. The van der Waals surface area contributed by atoms with Gasteiger partial charge in [-0.15, -0.1) is 0 Å². The van der Waals surface area contributed by atoms with E-state index in [0.29, 0.717) is 17.0 Å². The summed E-state index contributed by atoms with van der Waals surface area (Å²) in [6.45, 7) is 12.8. The van der Waals surface area contributed by atoms with Crippen LogP contribution < -0.4 is 5.30 Å². The number of hydrogen-bond acceptors (Lipinski definition) is 2. The van der Waals surface area contributed by atoms with E-state index in [2.05, 4.69) is 39.8 Å². The van der Waals surface area contributed by atoms with Crippen LogP contribution in [0.2, 0.25) is 0 Å². The van der Waals surface area contributed by atoms with Gasteiger partial charge in [0, 0.05) is 17.0 Å². The maximum absolute atomic E-state index is 14.4. The molecule has 0 aliphatic rings. The lowest BCUT2D eigenvalue weighted by Gasteiger charge is -2.24. The quantitative estimate of drug-likeness (QED) is 0.198. The van der Waals surface area contributed by atoms with Gasteiger partial charge in [-0.1, -0.05) is 128 Å². The highest BCUT2D eigenvalue weighted by molar-refractivity contribution is 7.87. The zero-order valence-electron chi connectivity index (χ0n) is 22.6. The monoisotopic (exact) mass is 482 g/mol. The summed E-state index contributed by atoms with van der Waals surface area (Å²) in [5.74, 6) is 0. The molecule has 1 unspecified atom stereocenters.